The zero-order valence-corrected chi connectivity index (χ0v) is 13.9. The lowest BCUT2D eigenvalue weighted by molar-refractivity contribution is 0.737. The van der Waals surface area contributed by atoms with Gasteiger partial charge in [0.05, 0.1) is 22.8 Å². The lowest BCUT2D eigenvalue weighted by atomic mass is 9.78. The summed E-state index contributed by atoms with van der Waals surface area (Å²) < 4.78 is 2.36. The Bertz CT molecular complexity index is 998. The van der Waals surface area contributed by atoms with Gasteiger partial charge >= 0.3 is 0 Å². The molecule has 2 aromatic heterocycles. The molecule has 1 aromatic carbocycles. The smallest absolute Gasteiger partial charge is 0.0745 e. The topological polar surface area (TPSA) is 33.1 Å². The molecule has 0 bridgehead atoms. The molecule has 3 aromatic rings. The van der Waals surface area contributed by atoms with Crippen LogP contribution in [0.2, 0.25) is 0 Å². The molecule has 0 fully saturated rings. The van der Waals surface area contributed by atoms with Crippen LogP contribution in [0, 0.1) is 0 Å². The fourth-order valence-corrected chi connectivity index (χ4v) is 4.02. The van der Waals surface area contributed by atoms with E-state index in [0.29, 0.717) is 0 Å². The van der Waals surface area contributed by atoms with E-state index < -0.39 is 0 Å². The average Bonchev–Trinajstić information content (AvgIpc) is 3.30. The Morgan fingerprint density at radius 1 is 1.12 bits per heavy atom. The zero-order chi connectivity index (χ0) is 16.3. The van der Waals surface area contributed by atoms with Crippen LogP contribution in [0.15, 0.2) is 59.7 Å². The van der Waals surface area contributed by atoms with Gasteiger partial charge in [0.1, 0.15) is 0 Å². The Labute approximate surface area is 141 Å². The number of aromatic nitrogens is 2. The first-order valence-electron chi connectivity index (χ1n) is 8.39. The maximum absolute atomic E-state index is 5.02. The van der Waals surface area contributed by atoms with Gasteiger partial charge in [-0.3, -0.25) is 4.99 Å². The highest BCUT2D eigenvalue weighted by Gasteiger charge is 2.38. The summed E-state index contributed by atoms with van der Waals surface area (Å²) in [5.74, 6) is 0. The minimum absolute atomic E-state index is 0.0930. The van der Waals surface area contributed by atoms with E-state index in [1.807, 2.05) is 6.20 Å². The first-order valence-corrected chi connectivity index (χ1v) is 8.39. The van der Waals surface area contributed by atoms with Crippen molar-refractivity contribution in [3.05, 3.63) is 71.6 Å². The van der Waals surface area contributed by atoms with Crippen molar-refractivity contribution in [1.29, 1.82) is 0 Å². The third kappa shape index (κ3) is 1.70. The van der Waals surface area contributed by atoms with Crippen molar-refractivity contribution in [2.45, 2.75) is 25.8 Å². The highest BCUT2D eigenvalue weighted by Crippen LogP contribution is 2.44. The number of para-hydroxylation sites is 1. The second-order valence-corrected chi connectivity index (χ2v) is 7.03. The number of nitrogens with zero attached hydrogens (tertiary/aromatic N) is 2. The van der Waals surface area contributed by atoms with E-state index in [0.717, 1.165) is 23.6 Å². The van der Waals surface area contributed by atoms with Gasteiger partial charge in [0.2, 0.25) is 0 Å². The van der Waals surface area contributed by atoms with Crippen LogP contribution in [0.25, 0.3) is 17.5 Å². The Kier molecular flexibility index (Phi) is 2.61. The number of aromatic amines is 1. The summed E-state index contributed by atoms with van der Waals surface area (Å²) in [6.45, 7) is 5.47. The average molecular weight is 313 g/mol. The number of nitrogens with one attached hydrogen (secondary N) is 1. The lowest BCUT2D eigenvalue weighted by Crippen LogP contribution is -2.26. The summed E-state index contributed by atoms with van der Waals surface area (Å²) in [5, 5.41) is 0. The van der Waals surface area contributed by atoms with Crippen molar-refractivity contribution in [2.24, 2.45) is 4.99 Å². The number of benzene rings is 1. The number of hydrogen-bond acceptors (Lipinski definition) is 1. The van der Waals surface area contributed by atoms with Crippen molar-refractivity contribution in [1.82, 2.24) is 9.55 Å². The first kappa shape index (κ1) is 13.6. The molecular weight excluding hydrogens is 294 g/mol. The number of rotatable bonds is 2. The fraction of sp³-hybridized carbons (Fsp3) is 0.190. The summed E-state index contributed by atoms with van der Waals surface area (Å²) >= 11 is 0. The summed E-state index contributed by atoms with van der Waals surface area (Å²) in [5.41, 5.74) is 8.33. The molecule has 1 N–H and O–H groups in total. The van der Waals surface area contributed by atoms with Crippen molar-refractivity contribution in [2.75, 3.05) is 0 Å². The van der Waals surface area contributed by atoms with Crippen molar-refractivity contribution < 1.29 is 0 Å². The number of fused-ring (bicyclic) bond motifs is 2. The summed E-state index contributed by atoms with van der Waals surface area (Å²) in [6.07, 6.45) is 6.39. The molecule has 5 rings (SSSR count). The molecule has 3 nitrogen and oxygen atoms in total. The molecule has 0 spiro atoms. The van der Waals surface area contributed by atoms with Gasteiger partial charge in [-0.2, -0.15) is 0 Å². The highest BCUT2D eigenvalue weighted by molar-refractivity contribution is 6.15. The molecule has 4 heterocycles. The Morgan fingerprint density at radius 2 is 2.00 bits per heavy atom. The number of aliphatic imine (C=N–C) groups is 1. The molecule has 2 aliphatic heterocycles. The van der Waals surface area contributed by atoms with Gasteiger partial charge < -0.3 is 9.55 Å². The monoisotopic (exact) mass is 313 g/mol. The summed E-state index contributed by atoms with van der Waals surface area (Å²) in [4.78, 5) is 8.40. The maximum atomic E-state index is 5.02. The second kappa shape index (κ2) is 4.60. The number of hydrogen-bond donors (Lipinski definition) is 1. The van der Waals surface area contributed by atoms with Crippen molar-refractivity contribution in [3.8, 4) is 11.4 Å². The Hall–Kier alpha value is -2.81. The van der Waals surface area contributed by atoms with E-state index in [9.17, 15) is 0 Å². The molecule has 24 heavy (non-hydrogen) atoms. The van der Waals surface area contributed by atoms with Crippen LogP contribution in [-0.2, 0) is 12.0 Å². The van der Waals surface area contributed by atoms with E-state index in [1.165, 1.54) is 22.5 Å². The summed E-state index contributed by atoms with van der Waals surface area (Å²) in [6, 6.07) is 15.0. The van der Waals surface area contributed by atoms with Gasteiger partial charge in [0, 0.05) is 29.4 Å². The third-order valence-electron chi connectivity index (χ3n) is 5.22. The largest absolute Gasteiger partial charge is 0.360 e. The van der Waals surface area contributed by atoms with E-state index in [-0.39, 0.29) is 5.41 Å². The molecular formula is C21H19N3. The zero-order valence-electron chi connectivity index (χ0n) is 13.9. The van der Waals surface area contributed by atoms with Crippen LogP contribution in [0.1, 0.15) is 30.7 Å². The van der Waals surface area contributed by atoms with E-state index in [1.54, 1.807) is 0 Å². The van der Waals surface area contributed by atoms with Crippen LogP contribution in [0.5, 0.6) is 0 Å². The van der Waals surface area contributed by atoms with Gasteiger partial charge in [-0.05, 0) is 35.9 Å². The quantitative estimate of drug-likeness (QED) is 0.696. The molecule has 0 aliphatic carbocycles. The minimum Gasteiger partial charge on any atom is -0.360 e. The van der Waals surface area contributed by atoms with Crippen LogP contribution in [-0.4, -0.2) is 15.3 Å². The van der Waals surface area contributed by atoms with Gasteiger partial charge in [-0.1, -0.05) is 38.1 Å². The molecule has 0 unspecified atom stereocenters. The third-order valence-corrected chi connectivity index (χ3v) is 5.22. The fourth-order valence-electron chi connectivity index (χ4n) is 4.02. The SMILES string of the molecule is CC1(C)C(c2cc3n(c2-c2ccc[nH]2)CC=C3)=Nc2ccccc21. The molecule has 0 saturated heterocycles. The molecule has 0 atom stereocenters. The van der Waals surface area contributed by atoms with Crippen molar-refractivity contribution >= 4 is 17.5 Å². The second-order valence-electron chi connectivity index (χ2n) is 7.03. The van der Waals surface area contributed by atoms with E-state index in [2.05, 4.69) is 78.0 Å². The lowest BCUT2D eigenvalue weighted by Gasteiger charge is -2.23. The molecule has 0 amide bonds. The van der Waals surface area contributed by atoms with Gasteiger partial charge in [-0.15, -0.1) is 0 Å². The van der Waals surface area contributed by atoms with Crippen LogP contribution < -0.4 is 0 Å². The molecule has 3 heteroatoms. The Morgan fingerprint density at radius 3 is 2.79 bits per heavy atom. The van der Waals surface area contributed by atoms with Gasteiger partial charge in [-0.25, -0.2) is 0 Å². The first-order chi connectivity index (χ1) is 11.7. The standard InChI is InChI=1S/C21H19N3/c1-21(2)16-8-3-4-9-17(16)23-20(21)15-13-14-7-6-12-24(14)19(15)18-10-5-11-22-18/h3-11,13,22H,12H2,1-2H3. The molecule has 118 valence electrons. The normalized spacial score (nSPS) is 17.0. The van der Waals surface area contributed by atoms with Crippen LogP contribution in [0.3, 0.4) is 0 Å². The molecule has 2 aliphatic rings. The number of H-pyrrole nitrogens is 1. The summed E-state index contributed by atoms with van der Waals surface area (Å²) in [7, 11) is 0. The predicted molar refractivity (Wildman–Crippen MR) is 98.9 cm³/mol. The maximum Gasteiger partial charge on any atom is 0.0745 e. The number of allylic oxidation sites excluding steroid dienone is 1. The van der Waals surface area contributed by atoms with Gasteiger partial charge in [0.15, 0.2) is 0 Å². The van der Waals surface area contributed by atoms with Crippen molar-refractivity contribution in [3.63, 3.8) is 0 Å². The van der Waals surface area contributed by atoms with E-state index in [4.69, 9.17) is 4.99 Å². The van der Waals surface area contributed by atoms with Gasteiger partial charge in [0.25, 0.3) is 0 Å². The minimum atomic E-state index is -0.0930. The van der Waals surface area contributed by atoms with Crippen LogP contribution >= 0.6 is 0 Å². The predicted octanol–water partition coefficient (Wildman–Crippen LogP) is 4.92. The van der Waals surface area contributed by atoms with E-state index >= 15 is 0 Å². The molecule has 0 radical (unpaired) electrons. The highest BCUT2D eigenvalue weighted by atomic mass is 15.0. The van der Waals surface area contributed by atoms with Crippen LogP contribution in [0.4, 0.5) is 5.69 Å². The molecule has 0 saturated carbocycles. The Balaban J connectivity index is 1.76.